The van der Waals surface area contributed by atoms with Gasteiger partial charge in [0.2, 0.25) is 11.8 Å². The first kappa shape index (κ1) is 19.1. The van der Waals surface area contributed by atoms with E-state index in [1.165, 1.54) is 18.7 Å². The predicted octanol–water partition coefficient (Wildman–Crippen LogP) is 4.18. The number of amides is 2. The Morgan fingerprint density at radius 3 is 2.32 bits per heavy atom. The van der Waals surface area contributed by atoms with Gasteiger partial charge in [0, 0.05) is 30.6 Å². The molecule has 25 heavy (non-hydrogen) atoms. The van der Waals surface area contributed by atoms with Crippen molar-refractivity contribution in [2.24, 2.45) is 0 Å². The van der Waals surface area contributed by atoms with Gasteiger partial charge in [-0.2, -0.15) is 0 Å². The van der Waals surface area contributed by atoms with Crippen LogP contribution < -0.4 is 5.32 Å². The number of thioether (sulfide) groups is 1. The van der Waals surface area contributed by atoms with Crippen LogP contribution in [0.3, 0.4) is 0 Å². The zero-order chi connectivity index (χ0) is 18.1. The number of hydrogen-bond acceptors (Lipinski definition) is 3. The molecule has 2 rings (SSSR count). The molecule has 0 atom stereocenters. The van der Waals surface area contributed by atoms with E-state index in [1.807, 2.05) is 59.5 Å². The standard InChI is InChI=1S/C20H24N2O2S/c1-3-13-22(14-17-7-5-4-6-8-17)20(24)15-25-19-11-9-18(10-12-19)21-16(2)23/h4-12H,3,13-15H2,1-2H3,(H,21,23). The topological polar surface area (TPSA) is 49.4 Å². The summed E-state index contributed by atoms with van der Waals surface area (Å²) in [5, 5.41) is 2.74. The lowest BCUT2D eigenvalue weighted by atomic mass is 10.2. The third-order valence-electron chi connectivity index (χ3n) is 3.60. The van der Waals surface area contributed by atoms with Gasteiger partial charge in [0.25, 0.3) is 0 Å². The highest BCUT2D eigenvalue weighted by Gasteiger charge is 2.13. The van der Waals surface area contributed by atoms with E-state index in [2.05, 4.69) is 12.2 Å². The number of hydrogen-bond donors (Lipinski definition) is 1. The molecule has 0 bridgehead atoms. The van der Waals surface area contributed by atoms with Crippen LogP contribution in [0.2, 0.25) is 0 Å². The number of rotatable bonds is 8. The van der Waals surface area contributed by atoms with E-state index >= 15 is 0 Å². The van der Waals surface area contributed by atoms with Crippen molar-refractivity contribution in [3.63, 3.8) is 0 Å². The van der Waals surface area contributed by atoms with E-state index in [9.17, 15) is 9.59 Å². The maximum Gasteiger partial charge on any atom is 0.233 e. The molecule has 0 aliphatic carbocycles. The Morgan fingerprint density at radius 2 is 1.72 bits per heavy atom. The van der Waals surface area contributed by atoms with Crippen molar-refractivity contribution in [3.8, 4) is 0 Å². The van der Waals surface area contributed by atoms with Crippen molar-refractivity contribution in [3.05, 3.63) is 60.2 Å². The lowest BCUT2D eigenvalue weighted by Crippen LogP contribution is -2.32. The fourth-order valence-corrected chi connectivity index (χ4v) is 3.24. The SMILES string of the molecule is CCCN(Cc1ccccc1)C(=O)CSc1ccc(NC(C)=O)cc1. The van der Waals surface area contributed by atoms with E-state index in [-0.39, 0.29) is 11.8 Å². The summed E-state index contributed by atoms with van der Waals surface area (Å²) in [5.74, 6) is 0.458. The molecule has 1 N–H and O–H groups in total. The largest absolute Gasteiger partial charge is 0.338 e. The zero-order valence-corrected chi connectivity index (χ0v) is 15.5. The fraction of sp³-hybridized carbons (Fsp3) is 0.300. The first-order valence-corrected chi connectivity index (χ1v) is 9.39. The van der Waals surface area contributed by atoms with E-state index in [0.717, 1.165) is 29.1 Å². The van der Waals surface area contributed by atoms with Crippen molar-refractivity contribution in [1.82, 2.24) is 4.90 Å². The summed E-state index contributed by atoms with van der Waals surface area (Å²) in [6.45, 7) is 4.97. The fourth-order valence-electron chi connectivity index (χ4n) is 2.44. The molecule has 2 aromatic carbocycles. The van der Waals surface area contributed by atoms with Gasteiger partial charge < -0.3 is 10.2 Å². The molecule has 2 amide bonds. The summed E-state index contributed by atoms with van der Waals surface area (Å²) in [7, 11) is 0. The molecule has 0 radical (unpaired) electrons. The second kappa shape index (κ2) is 9.89. The molecule has 5 heteroatoms. The normalized spacial score (nSPS) is 10.3. The van der Waals surface area contributed by atoms with E-state index in [0.29, 0.717) is 12.3 Å². The van der Waals surface area contributed by atoms with Gasteiger partial charge in [-0.15, -0.1) is 11.8 Å². The highest BCUT2D eigenvalue weighted by atomic mass is 32.2. The Morgan fingerprint density at radius 1 is 1.04 bits per heavy atom. The van der Waals surface area contributed by atoms with Crippen molar-refractivity contribution in [1.29, 1.82) is 0 Å². The average Bonchev–Trinajstić information content (AvgIpc) is 2.61. The first-order chi connectivity index (χ1) is 12.1. The molecule has 0 heterocycles. The molecular weight excluding hydrogens is 332 g/mol. The second-order valence-electron chi connectivity index (χ2n) is 5.80. The molecule has 0 fully saturated rings. The quantitative estimate of drug-likeness (QED) is 0.722. The van der Waals surface area contributed by atoms with Gasteiger partial charge in [0.15, 0.2) is 0 Å². The molecule has 0 aliphatic rings. The van der Waals surface area contributed by atoms with Crippen LogP contribution in [0.15, 0.2) is 59.5 Å². The smallest absolute Gasteiger partial charge is 0.233 e. The Hall–Kier alpha value is -2.27. The zero-order valence-electron chi connectivity index (χ0n) is 14.7. The summed E-state index contributed by atoms with van der Waals surface area (Å²) >= 11 is 1.52. The summed E-state index contributed by atoms with van der Waals surface area (Å²) in [4.78, 5) is 26.5. The number of anilines is 1. The number of nitrogens with one attached hydrogen (secondary N) is 1. The Bertz CT molecular complexity index is 687. The van der Waals surface area contributed by atoms with Crippen molar-refractivity contribution >= 4 is 29.3 Å². The summed E-state index contributed by atoms with van der Waals surface area (Å²) in [6, 6.07) is 17.6. The molecule has 2 aromatic rings. The van der Waals surface area contributed by atoms with E-state index in [1.54, 1.807) is 0 Å². The van der Waals surface area contributed by atoms with Crippen molar-refractivity contribution in [2.75, 3.05) is 17.6 Å². The van der Waals surface area contributed by atoms with Gasteiger partial charge in [-0.1, -0.05) is 37.3 Å². The molecule has 0 unspecified atom stereocenters. The van der Waals surface area contributed by atoms with Crippen LogP contribution in [-0.2, 0) is 16.1 Å². The third kappa shape index (κ3) is 6.63. The third-order valence-corrected chi connectivity index (χ3v) is 4.60. The van der Waals surface area contributed by atoms with Gasteiger partial charge in [0.1, 0.15) is 0 Å². The number of benzene rings is 2. The van der Waals surface area contributed by atoms with Crippen LogP contribution >= 0.6 is 11.8 Å². The molecule has 4 nitrogen and oxygen atoms in total. The van der Waals surface area contributed by atoms with Gasteiger partial charge in [-0.25, -0.2) is 0 Å². The molecule has 0 aliphatic heterocycles. The van der Waals surface area contributed by atoms with Gasteiger partial charge in [-0.05, 0) is 36.2 Å². The van der Waals surface area contributed by atoms with E-state index in [4.69, 9.17) is 0 Å². The average molecular weight is 356 g/mol. The monoisotopic (exact) mass is 356 g/mol. The molecule has 0 aromatic heterocycles. The number of carbonyl (C=O) groups excluding carboxylic acids is 2. The molecule has 0 saturated carbocycles. The lowest BCUT2D eigenvalue weighted by Gasteiger charge is -2.22. The Labute approximate surface area is 153 Å². The molecule has 0 spiro atoms. The Kier molecular flexibility index (Phi) is 7.54. The second-order valence-corrected chi connectivity index (χ2v) is 6.84. The highest BCUT2D eigenvalue weighted by Crippen LogP contribution is 2.21. The van der Waals surface area contributed by atoms with Crippen LogP contribution in [0.25, 0.3) is 0 Å². The Balaban J connectivity index is 1.90. The molecule has 0 saturated heterocycles. The summed E-state index contributed by atoms with van der Waals surface area (Å²) in [5.41, 5.74) is 1.91. The maximum absolute atomic E-state index is 12.6. The molecule has 132 valence electrons. The number of carbonyl (C=O) groups is 2. The minimum Gasteiger partial charge on any atom is -0.338 e. The lowest BCUT2D eigenvalue weighted by molar-refractivity contribution is -0.129. The predicted molar refractivity (Wildman–Crippen MR) is 104 cm³/mol. The summed E-state index contributed by atoms with van der Waals surface area (Å²) in [6.07, 6.45) is 0.939. The maximum atomic E-state index is 12.6. The molecular formula is C20H24N2O2S. The van der Waals surface area contributed by atoms with Crippen molar-refractivity contribution in [2.45, 2.75) is 31.7 Å². The number of nitrogens with zero attached hydrogens (tertiary/aromatic N) is 1. The van der Waals surface area contributed by atoms with E-state index < -0.39 is 0 Å². The minimum atomic E-state index is -0.0910. The van der Waals surface area contributed by atoms with Crippen LogP contribution in [0.1, 0.15) is 25.8 Å². The highest BCUT2D eigenvalue weighted by molar-refractivity contribution is 8.00. The van der Waals surface area contributed by atoms with Crippen LogP contribution in [0.5, 0.6) is 0 Å². The van der Waals surface area contributed by atoms with Gasteiger partial charge in [0.05, 0.1) is 5.75 Å². The minimum absolute atomic E-state index is 0.0910. The van der Waals surface area contributed by atoms with Gasteiger partial charge in [-0.3, -0.25) is 9.59 Å². The van der Waals surface area contributed by atoms with Crippen LogP contribution in [0.4, 0.5) is 5.69 Å². The van der Waals surface area contributed by atoms with Crippen molar-refractivity contribution < 1.29 is 9.59 Å². The summed E-state index contributed by atoms with van der Waals surface area (Å²) < 4.78 is 0. The van der Waals surface area contributed by atoms with Gasteiger partial charge >= 0.3 is 0 Å². The first-order valence-electron chi connectivity index (χ1n) is 8.40. The van der Waals surface area contributed by atoms with Crippen LogP contribution in [-0.4, -0.2) is 29.0 Å². The van der Waals surface area contributed by atoms with Crippen LogP contribution in [0, 0.1) is 0 Å².